The van der Waals surface area contributed by atoms with E-state index in [0.29, 0.717) is 5.17 Å². The van der Waals surface area contributed by atoms with Crippen molar-refractivity contribution in [2.24, 2.45) is 10.2 Å². The van der Waals surface area contributed by atoms with Crippen LogP contribution in [-0.4, -0.2) is 30.4 Å². The average molecular weight is 422 g/mol. The third kappa shape index (κ3) is 5.45. The molecule has 0 aliphatic carbocycles. The molecule has 0 aromatic heterocycles. The van der Waals surface area contributed by atoms with Gasteiger partial charge < -0.3 is 4.74 Å². The minimum Gasteiger partial charge on any atom is -0.466 e. The second-order valence-corrected chi connectivity index (χ2v) is 8.72. The number of amides is 1. The number of thioether (sulfide) groups is 1. The quantitative estimate of drug-likeness (QED) is 0.346. The SMILES string of the molecule is COC(=O)/C=C1/S/C(=N\N=Cc2ccc(-c3ccc(C(C)(C)C)cc3)cc2)NC1=O. The molecule has 1 aliphatic heterocycles. The highest BCUT2D eigenvalue weighted by atomic mass is 32.2. The zero-order chi connectivity index (χ0) is 21.7. The van der Waals surface area contributed by atoms with Crippen LogP contribution in [0.2, 0.25) is 0 Å². The van der Waals surface area contributed by atoms with E-state index in [2.05, 4.69) is 65.3 Å². The summed E-state index contributed by atoms with van der Waals surface area (Å²) >= 11 is 1.04. The molecule has 1 N–H and O–H groups in total. The molecule has 6 nitrogen and oxygen atoms in total. The second kappa shape index (κ2) is 9.09. The first-order valence-electron chi connectivity index (χ1n) is 9.37. The number of ether oxygens (including phenoxy) is 1. The van der Waals surface area contributed by atoms with Crippen LogP contribution in [0.4, 0.5) is 0 Å². The maximum absolute atomic E-state index is 11.8. The van der Waals surface area contributed by atoms with Crippen LogP contribution in [0.1, 0.15) is 31.9 Å². The molecule has 0 bridgehead atoms. The van der Waals surface area contributed by atoms with Gasteiger partial charge in [0.05, 0.1) is 18.2 Å². The molecular weight excluding hydrogens is 398 g/mol. The number of benzene rings is 2. The zero-order valence-electron chi connectivity index (χ0n) is 17.3. The lowest BCUT2D eigenvalue weighted by Crippen LogP contribution is -2.19. The molecule has 7 heteroatoms. The lowest BCUT2D eigenvalue weighted by atomic mass is 9.86. The standard InChI is InChI=1S/C23H23N3O3S/c1-23(2,3)18-11-9-17(10-12-18)16-7-5-15(6-8-16)14-24-26-22-25-21(28)19(30-22)13-20(27)29-4/h5-14H,1-4H3,(H,25,26,28)/b19-13+,24-14?. The Kier molecular flexibility index (Phi) is 6.52. The summed E-state index contributed by atoms with van der Waals surface area (Å²) in [5.74, 6) is -0.994. The van der Waals surface area contributed by atoms with Crippen molar-refractivity contribution in [3.63, 3.8) is 0 Å². The van der Waals surface area contributed by atoms with Crippen molar-refractivity contribution in [1.82, 2.24) is 5.32 Å². The van der Waals surface area contributed by atoms with Gasteiger partial charge in [-0.2, -0.15) is 5.10 Å². The molecule has 154 valence electrons. The van der Waals surface area contributed by atoms with Crippen LogP contribution < -0.4 is 5.32 Å². The molecule has 3 rings (SSSR count). The Morgan fingerprint density at radius 1 is 1.03 bits per heavy atom. The van der Waals surface area contributed by atoms with Gasteiger partial charge in [0.25, 0.3) is 5.91 Å². The number of methoxy groups -OCH3 is 1. The van der Waals surface area contributed by atoms with E-state index in [-0.39, 0.29) is 10.3 Å². The fourth-order valence-electron chi connectivity index (χ4n) is 2.71. The summed E-state index contributed by atoms with van der Waals surface area (Å²) in [7, 11) is 1.25. The van der Waals surface area contributed by atoms with Crippen molar-refractivity contribution < 1.29 is 14.3 Å². The Hall–Kier alpha value is -3.19. The topological polar surface area (TPSA) is 80.1 Å². The lowest BCUT2D eigenvalue weighted by Gasteiger charge is -2.19. The van der Waals surface area contributed by atoms with Gasteiger partial charge in [-0.1, -0.05) is 69.3 Å². The molecule has 0 unspecified atom stereocenters. The summed E-state index contributed by atoms with van der Waals surface area (Å²) in [6.45, 7) is 6.60. The fraction of sp³-hybridized carbons (Fsp3) is 0.217. The summed E-state index contributed by atoms with van der Waals surface area (Å²) in [5, 5.41) is 10.9. The highest BCUT2D eigenvalue weighted by Crippen LogP contribution is 2.26. The highest BCUT2D eigenvalue weighted by Gasteiger charge is 2.25. The fourth-order valence-corrected chi connectivity index (χ4v) is 3.45. The number of carbonyl (C=O) groups is 2. The molecule has 1 aliphatic rings. The van der Waals surface area contributed by atoms with Crippen LogP contribution in [0.3, 0.4) is 0 Å². The largest absolute Gasteiger partial charge is 0.466 e. The smallest absolute Gasteiger partial charge is 0.331 e. The first-order chi connectivity index (χ1) is 14.3. The van der Waals surface area contributed by atoms with Crippen molar-refractivity contribution in [3.05, 3.63) is 70.6 Å². The van der Waals surface area contributed by atoms with Crippen LogP contribution in [0, 0.1) is 0 Å². The van der Waals surface area contributed by atoms with Crippen LogP contribution in [0.5, 0.6) is 0 Å². The minimum atomic E-state index is -0.592. The number of nitrogens with zero attached hydrogens (tertiary/aromatic N) is 2. The van der Waals surface area contributed by atoms with Gasteiger partial charge in [-0.25, -0.2) is 4.79 Å². The number of nitrogens with one attached hydrogen (secondary N) is 1. The first-order valence-corrected chi connectivity index (χ1v) is 10.2. The third-order valence-electron chi connectivity index (χ3n) is 4.45. The number of carbonyl (C=O) groups excluding carboxylic acids is 2. The third-order valence-corrected chi connectivity index (χ3v) is 5.35. The molecule has 2 aromatic rings. The molecule has 0 atom stereocenters. The lowest BCUT2D eigenvalue weighted by molar-refractivity contribution is -0.135. The van der Waals surface area contributed by atoms with E-state index in [4.69, 9.17) is 0 Å². The maximum atomic E-state index is 11.8. The maximum Gasteiger partial charge on any atom is 0.331 e. The van der Waals surface area contributed by atoms with Gasteiger partial charge in [-0.05, 0) is 39.4 Å². The Labute approximate surface area is 180 Å². The van der Waals surface area contributed by atoms with Crippen molar-refractivity contribution in [1.29, 1.82) is 0 Å². The molecular formula is C23H23N3O3S. The minimum absolute atomic E-state index is 0.132. The van der Waals surface area contributed by atoms with Gasteiger partial charge in [-0.15, -0.1) is 5.10 Å². The van der Waals surface area contributed by atoms with Crippen LogP contribution >= 0.6 is 11.8 Å². The van der Waals surface area contributed by atoms with Crippen molar-refractivity contribution in [2.45, 2.75) is 26.2 Å². The summed E-state index contributed by atoms with van der Waals surface area (Å²) in [6.07, 6.45) is 2.73. The molecule has 1 amide bonds. The highest BCUT2D eigenvalue weighted by molar-refractivity contribution is 8.18. The predicted molar refractivity (Wildman–Crippen MR) is 121 cm³/mol. The zero-order valence-corrected chi connectivity index (χ0v) is 18.1. The van der Waals surface area contributed by atoms with E-state index >= 15 is 0 Å². The summed E-state index contributed by atoms with van der Waals surface area (Å²) in [6, 6.07) is 16.6. The summed E-state index contributed by atoms with van der Waals surface area (Å²) < 4.78 is 4.52. The average Bonchev–Trinajstić information content (AvgIpc) is 3.07. The normalized spacial score (nSPS) is 17.0. The summed E-state index contributed by atoms with van der Waals surface area (Å²) in [4.78, 5) is 23.2. The van der Waals surface area contributed by atoms with E-state index in [1.165, 1.54) is 12.7 Å². The van der Waals surface area contributed by atoms with Gasteiger partial charge in [0.1, 0.15) is 0 Å². The molecule has 1 fully saturated rings. The van der Waals surface area contributed by atoms with Gasteiger partial charge in [0, 0.05) is 6.08 Å². The molecule has 1 heterocycles. The van der Waals surface area contributed by atoms with Gasteiger partial charge in [0.15, 0.2) is 5.17 Å². The van der Waals surface area contributed by atoms with E-state index < -0.39 is 11.9 Å². The van der Waals surface area contributed by atoms with Crippen molar-refractivity contribution in [2.75, 3.05) is 7.11 Å². The van der Waals surface area contributed by atoms with Gasteiger partial charge in [0.2, 0.25) is 0 Å². The molecule has 0 radical (unpaired) electrons. The van der Waals surface area contributed by atoms with Crippen molar-refractivity contribution >= 4 is 35.0 Å². The second-order valence-electron chi connectivity index (χ2n) is 7.69. The Bertz CT molecular complexity index is 1030. The number of hydrogen-bond donors (Lipinski definition) is 1. The monoisotopic (exact) mass is 421 g/mol. The first kappa shape index (κ1) is 21.5. The Morgan fingerprint density at radius 2 is 1.63 bits per heavy atom. The van der Waals surface area contributed by atoms with E-state index in [9.17, 15) is 9.59 Å². The number of amidine groups is 1. The summed E-state index contributed by atoms with van der Waals surface area (Å²) in [5.41, 5.74) is 4.59. The molecule has 1 saturated heterocycles. The van der Waals surface area contributed by atoms with Crippen LogP contribution in [-0.2, 0) is 19.7 Å². The number of esters is 1. The van der Waals surface area contributed by atoms with Crippen LogP contribution in [0.15, 0.2) is 69.7 Å². The van der Waals surface area contributed by atoms with Crippen LogP contribution in [0.25, 0.3) is 11.1 Å². The van der Waals surface area contributed by atoms with Crippen molar-refractivity contribution in [3.8, 4) is 11.1 Å². The number of hydrogen-bond acceptors (Lipinski definition) is 6. The molecule has 0 saturated carbocycles. The molecule has 0 spiro atoms. The van der Waals surface area contributed by atoms with Gasteiger partial charge in [-0.3, -0.25) is 10.1 Å². The predicted octanol–water partition coefficient (Wildman–Crippen LogP) is 4.26. The Morgan fingerprint density at radius 3 is 2.20 bits per heavy atom. The number of rotatable bonds is 4. The Balaban J connectivity index is 1.65. The van der Waals surface area contributed by atoms with Gasteiger partial charge >= 0.3 is 5.97 Å². The van der Waals surface area contributed by atoms with E-state index in [1.807, 2.05) is 24.3 Å². The van der Waals surface area contributed by atoms with E-state index in [0.717, 1.165) is 34.5 Å². The molecule has 30 heavy (non-hydrogen) atoms. The molecule has 2 aromatic carbocycles. The van der Waals surface area contributed by atoms with E-state index in [1.54, 1.807) is 6.21 Å².